The second-order valence-corrected chi connectivity index (χ2v) is 6.61. The van der Waals surface area contributed by atoms with Crippen LogP contribution in [-0.2, 0) is 11.3 Å². The standard InChI is InChI=1S/C18H25FN2O2.ClH/c1-2-23-16-7-6-13(9-15(16)19)10-21-17(22)18-8-4-3-5-14(18)11-20-12-18;/h6-7,9,14,20H,2-5,8,10-12H2,1H3,(H,21,22);1H/t14-,18+;/m0./s1. The molecule has 0 spiro atoms. The first kappa shape index (κ1) is 19.0. The van der Waals surface area contributed by atoms with Gasteiger partial charge in [0.1, 0.15) is 0 Å². The molecule has 0 aromatic heterocycles. The number of amides is 1. The first-order chi connectivity index (χ1) is 11.2. The van der Waals surface area contributed by atoms with Crippen LogP contribution in [0.25, 0.3) is 0 Å². The Bertz CT molecular complexity index is 584. The normalized spacial score (nSPS) is 25.5. The van der Waals surface area contributed by atoms with Crippen LogP contribution < -0.4 is 15.4 Å². The number of halogens is 2. The van der Waals surface area contributed by atoms with Gasteiger partial charge in [-0.1, -0.05) is 18.9 Å². The first-order valence-electron chi connectivity index (χ1n) is 8.56. The highest BCUT2D eigenvalue weighted by molar-refractivity contribution is 5.85. The van der Waals surface area contributed by atoms with Gasteiger partial charge in [-0.2, -0.15) is 0 Å². The summed E-state index contributed by atoms with van der Waals surface area (Å²) in [5.74, 6) is 0.429. The molecule has 1 aromatic rings. The summed E-state index contributed by atoms with van der Waals surface area (Å²) in [5.41, 5.74) is 0.497. The summed E-state index contributed by atoms with van der Waals surface area (Å²) in [6.45, 7) is 4.32. The smallest absolute Gasteiger partial charge is 0.228 e. The highest BCUT2D eigenvalue weighted by atomic mass is 35.5. The molecular weight excluding hydrogens is 331 g/mol. The Morgan fingerprint density at radius 3 is 3.04 bits per heavy atom. The van der Waals surface area contributed by atoms with E-state index in [-0.39, 0.29) is 35.3 Å². The molecule has 1 heterocycles. The van der Waals surface area contributed by atoms with E-state index >= 15 is 0 Å². The van der Waals surface area contributed by atoms with Crippen molar-refractivity contribution in [1.29, 1.82) is 0 Å². The minimum Gasteiger partial charge on any atom is -0.491 e. The van der Waals surface area contributed by atoms with Crippen LogP contribution in [0.15, 0.2) is 18.2 Å². The van der Waals surface area contributed by atoms with E-state index < -0.39 is 0 Å². The van der Waals surface area contributed by atoms with Crippen molar-refractivity contribution in [2.75, 3.05) is 19.7 Å². The van der Waals surface area contributed by atoms with Crippen LogP contribution >= 0.6 is 12.4 Å². The van der Waals surface area contributed by atoms with Crippen molar-refractivity contribution in [2.45, 2.75) is 39.2 Å². The molecule has 1 aliphatic heterocycles. The molecule has 24 heavy (non-hydrogen) atoms. The zero-order valence-electron chi connectivity index (χ0n) is 14.1. The Kier molecular flexibility index (Phi) is 6.47. The molecular formula is C18H26ClFN2O2. The van der Waals surface area contributed by atoms with Crippen LogP contribution in [0.5, 0.6) is 5.75 Å². The molecule has 2 aliphatic rings. The van der Waals surface area contributed by atoms with Crippen LogP contribution in [0.2, 0.25) is 0 Å². The lowest BCUT2D eigenvalue weighted by atomic mass is 9.67. The van der Waals surface area contributed by atoms with Crippen molar-refractivity contribution >= 4 is 18.3 Å². The van der Waals surface area contributed by atoms with Gasteiger partial charge in [0, 0.05) is 13.1 Å². The third kappa shape index (κ3) is 3.67. The van der Waals surface area contributed by atoms with Gasteiger partial charge in [0.2, 0.25) is 5.91 Å². The number of hydrogen-bond acceptors (Lipinski definition) is 3. The molecule has 0 radical (unpaired) electrons. The average molecular weight is 357 g/mol. The monoisotopic (exact) mass is 356 g/mol. The molecule has 134 valence electrons. The maximum atomic E-state index is 13.9. The van der Waals surface area contributed by atoms with Gasteiger partial charge in [-0.15, -0.1) is 12.4 Å². The molecule has 1 amide bonds. The molecule has 0 unspecified atom stereocenters. The van der Waals surface area contributed by atoms with Crippen LogP contribution in [0.3, 0.4) is 0 Å². The second kappa shape index (κ2) is 8.17. The molecule has 6 heteroatoms. The summed E-state index contributed by atoms with van der Waals surface area (Å²) < 4.78 is 19.1. The zero-order valence-corrected chi connectivity index (χ0v) is 14.9. The first-order valence-corrected chi connectivity index (χ1v) is 8.56. The largest absolute Gasteiger partial charge is 0.491 e. The van der Waals surface area contributed by atoms with Crippen LogP contribution in [-0.4, -0.2) is 25.6 Å². The lowest BCUT2D eigenvalue weighted by Gasteiger charge is -2.37. The lowest BCUT2D eigenvalue weighted by Crippen LogP contribution is -2.47. The Labute approximate surface area is 148 Å². The van der Waals surface area contributed by atoms with Crippen LogP contribution in [0, 0.1) is 17.2 Å². The minimum absolute atomic E-state index is 0. The molecule has 2 atom stereocenters. The molecule has 2 N–H and O–H groups in total. The van der Waals surface area contributed by atoms with E-state index in [1.165, 1.54) is 12.5 Å². The summed E-state index contributed by atoms with van der Waals surface area (Å²) in [6.07, 6.45) is 4.40. The summed E-state index contributed by atoms with van der Waals surface area (Å²) in [7, 11) is 0. The summed E-state index contributed by atoms with van der Waals surface area (Å²) in [6, 6.07) is 4.87. The minimum atomic E-state index is -0.380. The van der Waals surface area contributed by atoms with E-state index in [0.29, 0.717) is 19.1 Å². The Hall–Kier alpha value is -1.33. The van der Waals surface area contributed by atoms with Crippen molar-refractivity contribution in [3.05, 3.63) is 29.6 Å². The van der Waals surface area contributed by atoms with E-state index in [4.69, 9.17) is 4.74 Å². The van der Waals surface area contributed by atoms with Crippen molar-refractivity contribution in [2.24, 2.45) is 11.3 Å². The number of hydrogen-bond donors (Lipinski definition) is 2. The van der Waals surface area contributed by atoms with Crippen molar-refractivity contribution in [1.82, 2.24) is 10.6 Å². The van der Waals surface area contributed by atoms with Crippen molar-refractivity contribution in [3.8, 4) is 5.75 Å². The molecule has 1 aromatic carbocycles. The number of carbonyl (C=O) groups excluding carboxylic acids is 1. The quantitative estimate of drug-likeness (QED) is 0.852. The van der Waals surface area contributed by atoms with Gasteiger partial charge in [-0.3, -0.25) is 4.79 Å². The maximum absolute atomic E-state index is 13.9. The van der Waals surface area contributed by atoms with Crippen molar-refractivity contribution in [3.63, 3.8) is 0 Å². The lowest BCUT2D eigenvalue weighted by molar-refractivity contribution is -0.134. The number of benzene rings is 1. The van der Waals surface area contributed by atoms with E-state index in [1.54, 1.807) is 12.1 Å². The maximum Gasteiger partial charge on any atom is 0.228 e. The number of ether oxygens (including phenoxy) is 1. The molecule has 4 nitrogen and oxygen atoms in total. The fraction of sp³-hybridized carbons (Fsp3) is 0.611. The average Bonchev–Trinajstić information content (AvgIpc) is 3.00. The van der Waals surface area contributed by atoms with Crippen LogP contribution in [0.1, 0.15) is 38.2 Å². The molecule has 1 saturated carbocycles. The second-order valence-electron chi connectivity index (χ2n) is 6.61. The number of carbonyl (C=O) groups is 1. The van der Waals surface area contributed by atoms with E-state index in [2.05, 4.69) is 10.6 Å². The van der Waals surface area contributed by atoms with Gasteiger partial charge < -0.3 is 15.4 Å². The van der Waals surface area contributed by atoms with Gasteiger partial charge in [-0.25, -0.2) is 4.39 Å². The number of fused-ring (bicyclic) bond motifs is 1. The van der Waals surface area contributed by atoms with Gasteiger partial charge in [0.25, 0.3) is 0 Å². The van der Waals surface area contributed by atoms with Crippen LogP contribution in [0.4, 0.5) is 4.39 Å². The third-order valence-corrected chi connectivity index (χ3v) is 5.24. The SMILES string of the molecule is CCOc1ccc(CNC(=O)[C@@]23CCCC[C@H]2CNC3)cc1F.Cl. The Morgan fingerprint density at radius 2 is 2.29 bits per heavy atom. The van der Waals surface area contributed by atoms with E-state index in [1.807, 2.05) is 6.92 Å². The van der Waals surface area contributed by atoms with Gasteiger partial charge in [0.05, 0.1) is 12.0 Å². The van der Waals surface area contributed by atoms with E-state index in [0.717, 1.165) is 37.9 Å². The fourth-order valence-corrected chi connectivity index (χ4v) is 3.98. The highest BCUT2D eigenvalue weighted by Gasteiger charge is 2.49. The molecule has 2 fully saturated rings. The Balaban J connectivity index is 0.00000208. The summed E-state index contributed by atoms with van der Waals surface area (Å²) in [5, 5.41) is 6.40. The number of rotatable bonds is 5. The van der Waals surface area contributed by atoms with E-state index in [9.17, 15) is 9.18 Å². The predicted molar refractivity (Wildman–Crippen MR) is 93.9 cm³/mol. The number of nitrogens with one attached hydrogen (secondary N) is 2. The molecule has 1 aliphatic carbocycles. The zero-order chi connectivity index (χ0) is 16.3. The summed E-state index contributed by atoms with van der Waals surface area (Å²) in [4.78, 5) is 12.8. The predicted octanol–water partition coefficient (Wildman–Crippen LogP) is 3.04. The molecule has 1 saturated heterocycles. The molecule has 0 bridgehead atoms. The van der Waals surface area contributed by atoms with Gasteiger partial charge >= 0.3 is 0 Å². The molecule has 3 rings (SSSR count). The third-order valence-electron chi connectivity index (χ3n) is 5.24. The Morgan fingerprint density at radius 1 is 1.46 bits per heavy atom. The van der Waals surface area contributed by atoms with Gasteiger partial charge in [0.15, 0.2) is 11.6 Å². The van der Waals surface area contributed by atoms with Crippen molar-refractivity contribution < 1.29 is 13.9 Å². The summed E-state index contributed by atoms with van der Waals surface area (Å²) >= 11 is 0. The highest BCUT2D eigenvalue weighted by Crippen LogP contribution is 2.43. The fourth-order valence-electron chi connectivity index (χ4n) is 3.98. The van der Waals surface area contributed by atoms with Gasteiger partial charge in [-0.05, 0) is 49.9 Å². The topological polar surface area (TPSA) is 50.4 Å².